The molecule has 0 saturated heterocycles. The van der Waals surface area contributed by atoms with Crippen LogP contribution in [0.4, 0.5) is 0 Å². The van der Waals surface area contributed by atoms with Crippen LogP contribution in [0.25, 0.3) is 0 Å². The molecule has 1 rings (SSSR count). The molecule has 90 valence electrons. The lowest BCUT2D eigenvalue weighted by atomic mass is 9.88. The Morgan fingerprint density at radius 2 is 1.75 bits per heavy atom. The van der Waals surface area contributed by atoms with Gasteiger partial charge in [0.15, 0.2) is 0 Å². The first-order valence-corrected chi connectivity index (χ1v) is 6.41. The maximum Gasteiger partial charge on any atom is 0.115 e. The smallest absolute Gasteiger partial charge is 0.115 e. The van der Waals surface area contributed by atoms with Crippen molar-refractivity contribution >= 4 is 0 Å². The highest BCUT2D eigenvalue weighted by molar-refractivity contribution is 5.25. The molecule has 0 aliphatic heterocycles. The van der Waals surface area contributed by atoms with Crippen molar-refractivity contribution in [1.29, 1.82) is 0 Å². The summed E-state index contributed by atoms with van der Waals surface area (Å²) in [6.45, 7) is 6.91. The fourth-order valence-corrected chi connectivity index (χ4v) is 2.24. The van der Waals surface area contributed by atoms with Gasteiger partial charge < -0.3 is 5.11 Å². The van der Waals surface area contributed by atoms with E-state index < -0.39 is 0 Å². The Morgan fingerprint density at radius 1 is 1.12 bits per heavy atom. The summed E-state index contributed by atoms with van der Waals surface area (Å²) < 4.78 is 0. The second-order valence-corrected chi connectivity index (χ2v) is 4.97. The Labute approximate surface area is 99.5 Å². The first-order valence-electron chi connectivity index (χ1n) is 6.41. The molecule has 1 heteroatoms. The average molecular weight is 220 g/mol. The van der Waals surface area contributed by atoms with Crippen LogP contribution in [-0.4, -0.2) is 5.11 Å². The SMILES string of the molecule is CCC(CCCc1ccc(O)cc1)C(C)C. The predicted octanol–water partition coefficient (Wildman–Crippen LogP) is 4.40. The van der Waals surface area contributed by atoms with Crippen LogP contribution in [0.1, 0.15) is 45.6 Å². The van der Waals surface area contributed by atoms with Crippen molar-refractivity contribution in [3.05, 3.63) is 29.8 Å². The molecule has 1 unspecified atom stereocenters. The summed E-state index contributed by atoms with van der Waals surface area (Å²) in [6.07, 6.45) is 4.98. The second kappa shape index (κ2) is 6.57. The van der Waals surface area contributed by atoms with Gasteiger partial charge in [-0.1, -0.05) is 39.3 Å². The van der Waals surface area contributed by atoms with Gasteiger partial charge in [0.05, 0.1) is 0 Å². The Bertz CT molecular complexity index is 287. The normalized spacial score (nSPS) is 13.0. The fourth-order valence-electron chi connectivity index (χ4n) is 2.24. The van der Waals surface area contributed by atoms with E-state index in [2.05, 4.69) is 20.8 Å². The molecule has 1 atom stereocenters. The van der Waals surface area contributed by atoms with Crippen LogP contribution in [0.2, 0.25) is 0 Å². The second-order valence-electron chi connectivity index (χ2n) is 4.97. The Hall–Kier alpha value is -0.980. The van der Waals surface area contributed by atoms with Crippen molar-refractivity contribution in [2.24, 2.45) is 11.8 Å². The molecule has 0 bridgehead atoms. The molecule has 0 radical (unpaired) electrons. The van der Waals surface area contributed by atoms with Crippen LogP contribution in [-0.2, 0) is 6.42 Å². The zero-order valence-electron chi connectivity index (χ0n) is 10.7. The van der Waals surface area contributed by atoms with Crippen molar-refractivity contribution in [3.63, 3.8) is 0 Å². The van der Waals surface area contributed by atoms with Crippen molar-refractivity contribution in [1.82, 2.24) is 0 Å². The predicted molar refractivity (Wildman–Crippen MR) is 69.7 cm³/mol. The molecule has 1 nitrogen and oxygen atoms in total. The highest BCUT2D eigenvalue weighted by Crippen LogP contribution is 2.22. The molecule has 1 aromatic rings. The van der Waals surface area contributed by atoms with E-state index in [1.54, 1.807) is 12.1 Å². The first kappa shape index (κ1) is 13.1. The van der Waals surface area contributed by atoms with Crippen molar-refractivity contribution in [2.75, 3.05) is 0 Å². The summed E-state index contributed by atoms with van der Waals surface area (Å²) in [6, 6.07) is 7.58. The highest BCUT2D eigenvalue weighted by Gasteiger charge is 2.10. The minimum atomic E-state index is 0.359. The molecule has 0 aromatic heterocycles. The van der Waals surface area contributed by atoms with E-state index in [-0.39, 0.29) is 0 Å². The van der Waals surface area contributed by atoms with E-state index in [4.69, 9.17) is 0 Å². The molecular weight excluding hydrogens is 196 g/mol. The number of aromatic hydroxyl groups is 1. The lowest BCUT2D eigenvalue weighted by Crippen LogP contribution is -2.07. The molecule has 0 amide bonds. The zero-order chi connectivity index (χ0) is 12.0. The lowest BCUT2D eigenvalue weighted by molar-refractivity contribution is 0.341. The minimum Gasteiger partial charge on any atom is -0.508 e. The van der Waals surface area contributed by atoms with Gasteiger partial charge in [-0.3, -0.25) is 0 Å². The summed E-state index contributed by atoms with van der Waals surface area (Å²) in [5.74, 6) is 2.01. The Kier molecular flexibility index (Phi) is 5.37. The quantitative estimate of drug-likeness (QED) is 0.753. The number of phenolic OH excluding ortho intramolecular Hbond substituents is 1. The first-order chi connectivity index (χ1) is 7.63. The van der Waals surface area contributed by atoms with E-state index in [1.807, 2.05) is 12.1 Å². The fraction of sp³-hybridized carbons (Fsp3) is 0.600. The number of hydrogen-bond donors (Lipinski definition) is 1. The van der Waals surface area contributed by atoms with Crippen LogP contribution in [0.3, 0.4) is 0 Å². The van der Waals surface area contributed by atoms with Gasteiger partial charge in [-0.15, -0.1) is 0 Å². The Morgan fingerprint density at radius 3 is 2.25 bits per heavy atom. The topological polar surface area (TPSA) is 20.2 Å². The van der Waals surface area contributed by atoms with Gasteiger partial charge in [0, 0.05) is 0 Å². The number of hydrogen-bond acceptors (Lipinski definition) is 1. The van der Waals surface area contributed by atoms with E-state index >= 15 is 0 Å². The van der Waals surface area contributed by atoms with Crippen molar-refractivity contribution in [3.8, 4) is 5.75 Å². The third-order valence-corrected chi connectivity index (χ3v) is 3.44. The molecule has 1 N–H and O–H groups in total. The van der Waals surface area contributed by atoms with E-state index in [0.717, 1.165) is 18.3 Å². The molecule has 0 fully saturated rings. The van der Waals surface area contributed by atoms with Gasteiger partial charge in [-0.25, -0.2) is 0 Å². The van der Waals surface area contributed by atoms with Gasteiger partial charge >= 0.3 is 0 Å². The molecule has 16 heavy (non-hydrogen) atoms. The van der Waals surface area contributed by atoms with Crippen LogP contribution in [0, 0.1) is 11.8 Å². The van der Waals surface area contributed by atoms with Gasteiger partial charge in [0.1, 0.15) is 5.75 Å². The monoisotopic (exact) mass is 220 g/mol. The lowest BCUT2D eigenvalue weighted by Gasteiger charge is -2.18. The number of rotatable bonds is 6. The average Bonchev–Trinajstić information content (AvgIpc) is 2.26. The molecular formula is C15H24O. The Balaban J connectivity index is 2.32. The maximum absolute atomic E-state index is 9.18. The number of phenols is 1. The summed E-state index contributed by atoms with van der Waals surface area (Å²) in [5, 5.41) is 9.18. The molecule has 0 aliphatic carbocycles. The van der Waals surface area contributed by atoms with Crippen LogP contribution in [0.15, 0.2) is 24.3 Å². The van der Waals surface area contributed by atoms with Gasteiger partial charge in [0.2, 0.25) is 0 Å². The molecule has 0 spiro atoms. The van der Waals surface area contributed by atoms with Crippen molar-refractivity contribution < 1.29 is 5.11 Å². The number of benzene rings is 1. The third-order valence-electron chi connectivity index (χ3n) is 3.44. The van der Waals surface area contributed by atoms with Crippen LogP contribution >= 0.6 is 0 Å². The summed E-state index contributed by atoms with van der Waals surface area (Å²) in [4.78, 5) is 0. The summed E-state index contributed by atoms with van der Waals surface area (Å²) >= 11 is 0. The highest BCUT2D eigenvalue weighted by atomic mass is 16.3. The van der Waals surface area contributed by atoms with E-state index in [1.165, 1.54) is 24.8 Å². The molecule has 0 aliphatic rings. The largest absolute Gasteiger partial charge is 0.508 e. The van der Waals surface area contributed by atoms with Gasteiger partial charge in [-0.05, 0) is 48.8 Å². The zero-order valence-corrected chi connectivity index (χ0v) is 10.7. The van der Waals surface area contributed by atoms with Gasteiger partial charge in [-0.2, -0.15) is 0 Å². The molecule has 0 heterocycles. The third kappa shape index (κ3) is 4.26. The maximum atomic E-state index is 9.18. The minimum absolute atomic E-state index is 0.359. The molecule has 1 aromatic carbocycles. The van der Waals surface area contributed by atoms with Gasteiger partial charge in [0.25, 0.3) is 0 Å². The summed E-state index contributed by atoms with van der Waals surface area (Å²) in [7, 11) is 0. The van der Waals surface area contributed by atoms with Crippen molar-refractivity contribution in [2.45, 2.75) is 46.5 Å². The van der Waals surface area contributed by atoms with E-state index in [9.17, 15) is 5.11 Å². The van der Waals surface area contributed by atoms with Crippen LogP contribution < -0.4 is 0 Å². The van der Waals surface area contributed by atoms with E-state index in [0.29, 0.717) is 5.75 Å². The molecule has 0 saturated carbocycles. The van der Waals surface area contributed by atoms with Crippen LogP contribution in [0.5, 0.6) is 5.75 Å². The number of aryl methyl sites for hydroxylation is 1. The summed E-state index contributed by atoms with van der Waals surface area (Å²) in [5.41, 5.74) is 1.33. The standard InChI is InChI=1S/C15H24O/c1-4-14(12(2)3)7-5-6-13-8-10-15(16)11-9-13/h8-12,14,16H,4-7H2,1-3H3.